The van der Waals surface area contributed by atoms with Gasteiger partial charge in [-0.3, -0.25) is 0 Å². The number of fused-ring (bicyclic) bond motifs is 1. The Bertz CT molecular complexity index is 1180. The molecule has 0 N–H and O–H groups in total. The molecular weight excluding hydrogens is 424 g/mol. The lowest BCUT2D eigenvalue weighted by molar-refractivity contribution is -0.195. The van der Waals surface area contributed by atoms with Gasteiger partial charge in [0.15, 0.2) is 6.79 Å². The maximum Gasteiger partial charge on any atom is 0.348 e. The molecule has 1 fully saturated rings. The molecule has 3 aromatic rings. The van der Waals surface area contributed by atoms with Gasteiger partial charge >= 0.3 is 11.9 Å². The summed E-state index contributed by atoms with van der Waals surface area (Å²) in [5.74, 6) is 0.00727. The van der Waals surface area contributed by atoms with Gasteiger partial charge in [-0.2, -0.15) is 0 Å². The van der Waals surface area contributed by atoms with Gasteiger partial charge in [0.05, 0.1) is 6.61 Å². The van der Waals surface area contributed by atoms with E-state index in [1.165, 1.54) is 6.08 Å². The van der Waals surface area contributed by atoms with Crippen LogP contribution >= 0.6 is 0 Å². The number of hydrogen-bond donors (Lipinski definition) is 0. The summed E-state index contributed by atoms with van der Waals surface area (Å²) >= 11 is 0. The van der Waals surface area contributed by atoms with Gasteiger partial charge in [-0.1, -0.05) is 54.6 Å². The van der Waals surface area contributed by atoms with Crippen molar-refractivity contribution in [1.82, 2.24) is 0 Å². The average Bonchev–Trinajstić information content (AvgIpc) is 2.86. The van der Waals surface area contributed by atoms with Crippen LogP contribution in [0.1, 0.15) is 28.5 Å². The molecule has 1 saturated heterocycles. The molecule has 2 aliphatic rings. The number of carbonyl (C=O) groups is 2. The second kappa shape index (κ2) is 9.18. The minimum absolute atomic E-state index is 0.160. The first-order valence-corrected chi connectivity index (χ1v) is 10.4. The molecule has 0 spiro atoms. The van der Waals surface area contributed by atoms with E-state index in [4.69, 9.17) is 23.7 Å². The van der Waals surface area contributed by atoms with Crippen LogP contribution < -0.4 is 9.47 Å². The predicted molar refractivity (Wildman–Crippen MR) is 117 cm³/mol. The molecule has 0 radical (unpaired) electrons. The van der Waals surface area contributed by atoms with Crippen molar-refractivity contribution >= 4 is 18.0 Å². The lowest BCUT2D eigenvalue weighted by Crippen LogP contribution is -2.29. The first-order valence-electron chi connectivity index (χ1n) is 10.4. The molecule has 0 amide bonds. The number of rotatable bonds is 5. The molecule has 5 rings (SSSR count). The zero-order valence-electron chi connectivity index (χ0n) is 17.6. The van der Waals surface area contributed by atoms with Crippen LogP contribution in [-0.2, 0) is 37.0 Å². The van der Waals surface area contributed by atoms with Crippen molar-refractivity contribution in [2.24, 2.45) is 0 Å². The van der Waals surface area contributed by atoms with Crippen molar-refractivity contribution in [3.8, 4) is 11.5 Å². The Balaban J connectivity index is 1.24. The zero-order chi connectivity index (χ0) is 22.6. The Morgan fingerprint density at radius 2 is 1.64 bits per heavy atom. The lowest BCUT2D eigenvalue weighted by atomic mass is 10.1. The molecule has 0 atom stereocenters. The van der Waals surface area contributed by atoms with Gasteiger partial charge < -0.3 is 23.7 Å². The molecule has 33 heavy (non-hydrogen) atoms. The number of ether oxygens (including phenoxy) is 5. The van der Waals surface area contributed by atoms with E-state index in [0.29, 0.717) is 30.1 Å². The molecule has 2 heterocycles. The van der Waals surface area contributed by atoms with E-state index in [1.807, 2.05) is 24.3 Å². The fourth-order valence-electron chi connectivity index (χ4n) is 3.58. The summed E-state index contributed by atoms with van der Waals surface area (Å²) in [4.78, 5) is 24.8. The first-order chi connectivity index (χ1) is 16.2. The minimum Gasteiger partial charge on any atom is -0.489 e. The number of esters is 2. The van der Waals surface area contributed by atoms with Crippen LogP contribution in [0.15, 0.2) is 78.4 Å². The molecule has 0 aliphatic carbocycles. The van der Waals surface area contributed by atoms with Gasteiger partial charge in [0.1, 0.15) is 23.7 Å². The Morgan fingerprint density at radius 1 is 0.879 bits per heavy atom. The highest BCUT2D eigenvalue weighted by Crippen LogP contribution is 2.29. The van der Waals surface area contributed by atoms with Crippen LogP contribution in [0.3, 0.4) is 0 Å². The smallest absolute Gasteiger partial charge is 0.348 e. The number of hydrogen-bond acceptors (Lipinski definition) is 7. The Kier molecular flexibility index (Phi) is 5.78. The normalized spacial score (nSPS) is 17.3. The molecule has 7 heteroatoms. The molecular formula is C26H20O7. The highest BCUT2D eigenvalue weighted by Gasteiger charge is 2.34. The van der Waals surface area contributed by atoms with E-state index in [2.05, 4.69) is 0 Å². The topological polar surface area (TPSA) is 80.3 Å². The van der Waals surface area contributed by atoms with Crippen molar-refractivity contribution in [2.75, 3.05) is 6.79 Å². The fourth-order valence-corrected chi connectivity index (χ4v) is 3.58. The van der Waals surface area contributed by atoms with Crippen LogP contribution in [0.25, 0.3) is 6.08 Å². The Labute approximate surface area is 190 Å². The molecule has 0 bridgehead atoms. The van der Waals surface area contributed by atoms with E-state index in [1.54, 1.807) is 48.5 Å². The van der Waals surface area contributed by atoms with Gasteiger partial charge in [0.2, 0.25) is 0 Å². The average molecular weight is 444 g/mol. The maximum atomic E-state index is 12.4. The van der Waals surface area contributed by atoms with E-state index in [0.717, 1.165) is 16.9 Å². The van der Waals surface area contributed by atoms with Gasteiger partial charge in [0, 0.05) is 11.1 Å². The van der Waals surface area contributed by atoms with E-state index < -0.39 is 18.2 Å². The van der Waals surface area contributed by atoms with Crippen LogP contribution in [0.2, 0.25) is 0 Å². The molecule has 7 nitrogen and oxygen atoms in total. The maximum absolute atomic E-state index is 12.4. The van der Waals surface area contributed by atoms with Crippen molar-refractivity contribution in [1.29, 1.82) is 0 Å². The largest absolute Gasteiger partial charge is 0.489 e. The molecule has 0 unspecified atom stereocenters. The van der Waals surface area contributed by atoms with Crippen LogP contribution in [0.4, 0.5) is 0 Å². The third-order valence-electron chi connectivity index (χ3n) is 5.30. The summed E-state index contributed by atoms with van der Waals surface area (Å²) in [6.07, 6.45) is 0.399. The van der Waals surface area contributed by atoms with Crippen molar-refractivity contribution in [3.05, 3.63) is 101 Å². The van der Waals surface area contributed by atoms with Gasteiger partial charge in [0.25, 0.3) is 6.29 Å². The number of cyclic esters (lactones) is 2. The second-order valence-corrected chi connectivity index (χ2v) is 7.47. The summed E-state index contributed by atoms with van der Waals surface area (Å²) in [5.41, 5.74) is 3.04. The summed E-state index contributed by atoms with van der Waals surface area (Å²) in [7, 11) is 0. The monoisotopic (exact) mass is 444 g/mol. The fraction of sp³-hybridized carbons (Fsp3) is 0.154. The SMILES string of the molecule is O=C1OC(c2ccccc2)OC(=O)C1=Cc1ccc(OCc2cccc3c2COCO3)cc1. The summed E-state index contributed by atoms with van der Waals surface area (Å²) in [6.45, 7) is 1.09. The van der Waals surface area contributed by atoms with E-state index in [9.17, 15) is 9.59 Å². The molecule has 0 aromatic heterocycles. The van der Waals surface area contributed by atoms with Gasteiger partial charge in [-0.25, -0.2) is 9.59 Å². The third-order valence-corrected chi connectivity index (χ3v) is 5.30. The highest BCUT2D eigenvalue weighted by molar-refractivity contribution is 6.18. The lowest BCUT2D eigenvalue weighted by Gasteiger charge is -2.23. The summed E-state index contributed by atoms with van der Waals surface area (Å²) in [5, 5.41) is 0. The zero-order valence-corrected chi connectivity index (χ0v) is 17.6. The van der Waals surface area contributed by atoms with Crippen molar-refractivity contribution in [3.63, 3.8) is 0 Å². The number of benzene rings is 3. The van der Waals surface area contributed by atoms with Crippen LogP contribution in [0.5, 0.6) is 11.5 Å². The van der Waals surface area contributed by atoms with Crippen LogP contribution in [-0.4, -0.2) is 18.7 Å². The summed E-state index contributed by atoms with van der Waals surface area (Å²) < 4.78 is 27.3. The minimum atomic E-state index is -1.04. The van der Waals surface area contributed by atoms with Gasteiger partial charge in [-0.15, -0.1) is 0 Å². The predicted octanol–water partition coefficient (Wildman–Crippen LogP) is 4.31. The second-order valence-electron chi connectivity index (χ2n) is 7.47. The quantitative estimate of drug-likeness (QED) is 0.329. The first kappa shape index (κ1) is 20.8. The standard InChI is InChI=1S/C26H20O7/c27-24-21(25(28)33-26(32-24)18-5-2-1-3-6-18)13-17-9-11-20(12-10-17)30-14-19-7-4-8-23-22(19)15-29-16-31-23/h1-13,26H,14-16H2. The number of carbonyl (C=O) groups excluding carboxylic acids is 2. The highest BCUT2D eigenvalue weighted by atomic mass is 16.7. The molecule has 166 valence electrons. The molecule has 0 saturated carbocycles. The van der Waals surface area contributed by atoms with Crippen molar-refractivity contribution in [2.45, 2.75) is 19.5 Å². The van der Waals surface area contributed by atoms with E-state index >= 15 is 0 Å². The van der Waals surface area contributed by atoms with Gasteiger partial charge in [-0.05, 0) is 35.4 Å². The Morgan fingerprint density at radius 3 is 2.39 bits per heavy atom. The molecule has 2 aliphatic heterocycles. The Hall–Kier alpha value is -4.10. The van der Waals surface area contributed by atoms with E-state index in [-0.39, 0.29) is 12.4 Å². The summed E-state index contributed by atoms with van der Waals surface area (Å²) in [6, 6.07) is 21.7. The molecule has 3 aromatic carbocycles. The third kappa shape index (κ3) is 4.58. The van der Waals surface area contributed by atoms with Crippen LogP contribution in [0, 0.1) is 0 Å². The van der Waals surface area contributed by atoms with Crippen molar-refractivity contribution < 1.29 is 33.3 Å².